The number of aromatic carboxylic acids is 1. The summed E-state index contributed by atoms with van der Waals surface area (Å²) in [7, 11) is 0. The standard InChI is InChI=1S/C11H6F2O2S2/c12-6-3-7(13)5-8(4-6)16-10-2-1-9(17-10)11(14)15/h1-5H,(H,14,15). The molecule has 2 rings (SSSR count). The third-order valence-corrected chi connectivity index (χ3v) is 4.02. The number of carboxylic acid groups (broad SMARTS) is 1. The fraction of sp³-hybridized carbons (Fsp3) is 0. The molecule has 0 saturated heterocycles. The van der Waals surface area contributed by atoms with Crippen LogP contribution >= 0.6 is 23.1 Å². The van der Waals surface area contributed by atoms with Crippen LogP contribution in [0.4, 0.5) is 8.78 Å². The Labute approximate surface area is 104 Å². The molecule has 0 saturated carbocycles. The highest BCUT2D eigenvalue weighted by molar-refractivity contribution is 8.01. The van der Waals surface area contributed by atoms with Gasteiger partial charge in [0, 0.05) is 11.0 Å². The number of hydrogen-bond acceptors (Lipinski definition) is 3. The molecule has 0 atom stereocenters. The van der Waals surface area contributed by atoms with Crippen molar-refractivity contribution in [2.24, 2.45) is 0 Å². The summed E-state index contributed by atoms with van der Waals surface area (Å²) in [4.78, 5) is 11.3. The molecule has 1 heterocycles. The Kier molecular flexibility index (Phi) is 3.44. The molecule has 0 aliphatic rings. The van der Waals surface area contributed by atoms with Crippen molar-refractivity contribution in [2.75, 3.05) is 0 Å². The van der Waals surface area contributed by atoms with Gasteiger partial charge in [-0.05, 0) is 24.3 Å². The summed E-state index contributed by atoms with van der Waals surface area (Å²) in [6, 6.07) is 6.27. The van der Waals surface area contributed by atoms with E-state index in [1.54, 1.807) is 6.07 Å². The lowest BCUT2D eigenvalue weighted by atomic mass is 10.3. The number of halogens is 2. The van der Waals surface area contributed by atoms with Crippen LogP contribution in [0.3, 0.4) is 0 Å². The van der Waals surface area contributed by atoms with Gasteiger partial charge in [-0.1, -0.05) is 11.8 Å². The second-order valence-corrected chi connectivity index (χ2v) is 5.59. The van der Waals surface area contributed by atoms with Crippen molar-refractivity contribution >= 4 is 29.1 Å². The third-order valence-electron chi connectivity index (χ3n) is 1.85. The summed E-state index contributed by atoms with van der Waals surface area (Å²) in [5.74, 6) is -2.31. The minimum Gasteiger partial charge on any atom is -0.477 e. The topological polar surface area (TPSA) is 37.3 Å². The molecule has 0 aliphatic carbocycles. The van der Waals surface area contributed by atoms with Crippen LogP contribution in [0.1, 0.15) is 9.67 Å². The van der Waals surface area contributed by atoms with Crippen molar-refractivity contribution in [2.45, 2.75) is 9.10 Å². The minimum absolute atomic E-state index is 0.198. The van der Waals surface area contributed by atoms with Crippen molar-refractivity contribution in [1.29, 1.82) is 0 Å². The maximum Gasteiger partial charge on any atom is 0.345 e. The smallest absolute Gasteiger partial charge is 0.345 e. The monoisotopic (exact) mass is 272 g/mol. The van der Waals surface area contributed by atoms with E-state index in [-0.39, 0.29) is 4.88 Å². The second kappa shape index (κ2) is 4.85. The van der Waals surface area contributed by atoms with E-state index < -0.39 is 17.6 Å². The molecule has 2 nitrogen and oxygen atoms in total. The van der Waals surface area contributed by atoms with Crippen LogP contribution in [0.5, 0.6) is 0 Å². The number of carboxylic acids is 1. The molecule has 6 heteroatoms. The van der Waals surface area contributed by atoms with E-state index in [4.69, 9.17) is 5.11 Å². The lowest BCUT2D eigenvalue weighted by molar-refractivity contribution is 0.0702. The number of thiophene rings is 1. The molecule has 0 radical (unpaired) electrons. The minimum atomic E-state index is -1.01. The molecule has 1 N–H and O–H groups in total. The summed E-state index contributed by atoms with van der Waals surface area (Å²) in [5.41, 5.74) is 0. The van der Waals surface area contributed by atoms with Gasteiger partial charge < -0.3 is 5.11 Å². The predicted octanol–water partition coefficient (Wildman–Crippen LogP) is 3.88. The molecule has 0 spiro atoms. The van der Waals surface area contributed by atoms with Crippen molar-refractivity contribution < 1.29 is 18.7 Å². The maximum atomic E-state index is 12.9. The second-order valence-electron chi connectivity index (χ2n) is 3.13. The fourth-order valence-electron chi connectivity index (χ4n) is 1.19. The molecule has 0 aliphatic heterocycles. The quantitative estimate of drug-likeness (QED) is 0.921. The summed E-state index contributed by atoms with van der Waals surface area (Å²) < 4.78 is 26.5. The molecule has 0 amide bonds. The first kappa shape index (κ1) is 12.1. The summed E-state index contributed by atoms with van der Waals surface area (Å²) in [6.07, 6.45) is 0. The van der Waals surface area contributed by atoms with Gasteiger partial charge in [-0.25, -0.2) is 13.6 Å². The zero-order valence-electron chi connectivity index (χ0n) is 8.31. The first-order valence-corrected chi connectivity index (χ1v) is 6.15. The molecule has 0 fully saturated rings. The molecule has 0 unspecified atom stereocenters. The Morgan fingerprint density at radius 3 is 2.35 bits per heavy atom. The molecular formula is C11H6F2O2S2. The van der Waals surface area contributed by atoms with Gasteiger partial charge in [0.25, 0.3) is 0 Å². The van der Waals surface area contributed by atoms with Crippen LogP contribution in [0.15, 0.2) is 39.4 Å². The van der Waals surface area contributed by atoms with Crippen LogP contribution in [0.25, 0.3) is 0 Å². The van der Waals surface area contributed by atoms with Gasteiger partial charge in [0.2, 0.25) is 0 Å². The molecule has 17 heavy (non-hydrogen) atoms. The molecular weight excluding hydrogens is 266 g/mol. The van der Waals surface area contributed by atoms with Crippen LogP contribution in [-0.2, 0) is 0 Å². The van der Waals surface area contributed by atoms with Crippen molar-refractivity contribution in [3.8, 4) is 0 Å². The average molecular weight is 272 g/mol. The predicted molar refractivity (Wildman–Crippen MR) is 61.8 cm³/mol. The zero-order chi connectivity index (χ0) is 12.4. The molecule has 0 bridgehead atoms. The Morgan fingerprint density at radius 1 is 1.18 bits per heavy atom. The van der Waals surface area contributed by atoms with E-state index in [0.717, 1.165) is 29.2 Å². The summed E-state index contributed by atoms with van der Waals surface area (Å²) in [5, 5.41) is 8.73. The highest BCUT2D eigenvalue weighted by Crippen LogP contribution is 2.34. The van der Waals surface area contributed by atoms with Crippen LogP contribution in [0, 0.1) is 11.6 Å². The lowest BCUT2D eigenvalue weighted by Crippen LogP contribution is -1.89. The summed E-state index contributed by atoms with van der Waals surface area (Å²) >= 11 is 2.20. The van der Waals surface area contributed by atoms with Crippen molar-refractivity contribution in [3.05, 3.63) is 46.8 Å². The Balaban J connectivity index is 2.22. The Bertz CT molecular complexity index is 546. The molecule has 2 aromatic rings. The van der Waals surface area contributed by atoms with Crippen molar-refractivity contribution in [3.63, 3.8) is 0 Å². The first-order chi connectivity index (χ1) is 8.04. The highest BCUT2D eigenvalue weighted by Gasteiger charge is 2.09. The molecule has 1 aromatic carbocycles. The van der Waals surface area contributed by atoms with E-state index in [1.807, 2.05) is 0 Å². The van der Waals surface area contributed by atoms with Crippen LogP contribution in [0.2, 0.25) is 0 Å². The van der Waals surface area contributed by atoms with E-state index in [1.165, 1.54) is 18.2 Å². The number of hydrogen-bond donors (Lipinski definition) is 1. The normalized spacial score (nSPS) is 10.5. The Morgan fingerprint density at radius 2 is 1.82 bits per heavy atom. The zero-order valence-corrected chi connectivity index (χ0v) is 9.95. The highest BCUT2D eigenvalue weighted by atomic mass is 32.2. The summed E-state index contributed by atoms with van der Waals surface area (Å²) in [6.45, 7) is 0. The third kappa shape index (κ3) is 3.04. The number of carbonyl (C=O) groups is 1. The number of rotatable bonds is 3. The molecule has 1 aromatic heterocycles. The fourth-order valence-corrected chi connectivity index (χ4v) is 3.21. The van der Waals surface area contributed by atoms with E-state index in [9.17, 15) is 13.6 Å². The SMILES string of the molecule is O=C(O)c1ccc(Sc2cc(F)cc(F)c2)s1. The van der Waals surface area contributed by atoms with Gasteiger partial charge in [-0.3, -0.25) is 0 Å². The van der Waals surface area contributed by atoms with Crippen LogP contribution in [-0.4, -0.2) is 11.1 Å². The Hall–Kier alpha value is -1.40. The molecule has 88 valence electrons. The lowest BCUT2D eigenvalue weighted by Gasteiger charge is -1.99. The van der Waals surface area contributed by atoms with Gasteiger partial charge in [-0.15, -0.1) is 11.3 Å². The maximum absolute atomic E-state index is 12.9. The average Bonchev–Trinajstić information content (AvgIpc) is 2.64. The van der Waals surface area contributed by atoms with Crippen LogP contribution < -0.4 is 0 Å². The van der Waals surface area contributed by atoms with E-state index >= 15 is 0 Å². The first-order valence-electron chi connectivity index (χ1n) is 4.51. The van der Waals surface area contributed by atoms with Crippen molar-refractivity contribution in [1.82, 2.24) is 0 Å². The van der Waals surface area contributed by atoms with Gasteiger partial charge in [0.1, 0.15) is 16.5 Å². The van der Waals surface area contributed by atoms with Gasteiger partial charge in [0.15, 0.2) is 0 Å². The van der Waals surface area contributed by atoms with Gasteiger partial charge >= 0.3 is 5.97 Å². The van der Waals surface area contributed by atoms with E-state index in [0.29, 0.717) is 9.10 Å². The van der Waals surface area contributed by atoms with Gasteiger partial charge in [-0.2, -0.15) is 0 Å². The van der Waals surface area contributed by atoms with E-state index in [2.05, 4.69) is 0 Å². The number of benzene rings is 1. The largest absolute Gasteiger partial charge is 0.477 e. The van der Waals surface area contributed by atoms with Gasteiger partial charge in [0.05, 0.1) is 4.21 Å².